The molecule has 0 radical (unpaired) electrons. The van der Waals surface area contributed by atoms with Crippen LogP contribution in [0.3, 0.4) is 0 Å². The fraction of sp³-hybridized carbons (Fsp3) is 0.647. The van der Waals surface area contributed by atoms with E-state index in [9.17, 15) is 0 Å². The molecule has 2 aliphatic rings. The first kappa shape index (κ1) is 14.2. The molecule has 3 heterocycles. The number of nitrogens with zero attached hydrogens (tertiary/aromatic N) is 4. The summed E-state index contributed by atoms with van der Waals surface area (Å²) in [4.78, 5) is 6.86. The summed E-state index contributed by atoms with van der Waals surface area (Å²) >= 11 is 0. The van der Waals surface area contributed by atoms with Crippen LogP contribution in [0.4, 0.5) is 0 Å². The summed E-state index contributed by atoms with van der Waals surface area (Å²) in [7, 11) is 1.88. The van der Waals surface area contributed by atoms with Crippen molar-refractivity contribution in [1.29, 1.82) is 0 Å². The van der Waals surface area contributed by atoms with Gasteiger partial charge in [-0.2, -0.15) is 5.10 Å². The molecular weight excluding hydrogens is 276 g/mol. The highest BCUT2D eigenvalue weighted by molar-refractivity contribution is 5.37. The van der Waals surface area contributed by atoms with Gasteiger partial charge in [-0.25, -0.2) is 9.50 Å². The number of pyridine rings is 1. The molecule has 0 bridgehead atoms. The number of ether oxygens (including phenoxy) is 1. The average molecular weight is 300 g/mol. The molecule has 0 amide bonds. The zero-order valence-corrected chi connectivity index (χ0v) is 13.2. The number of likely N-dealkylation sites (tertiary alicyclic amines) is 1. The standard InChI is InChI=1S/C17H24N4O/c1-22-15-6-3-8-17(15)9-4-10-20(12-17)11-14-5-2-7-16-18-13-19-21(14)16/h2,5,7,13,15H,3-4,6,8-12H2,1H3/t15-,17-/m1/s1. The molecule has 1 saturated carbocycles. The van der Waals surface area contributed by atoms with Crippen molar-refractivity contribution >= 4 is 5.65 Å². The lowest BCUT2D eigenvalue weighted by molar-refractivity contribution is -0.0369. The van der Waals surface area contributed by atoms with Gasteiger partial charge in [-0.3, -0.25) is 4.90 Å². The Labute approximate surface area is 131 Å². The molecular formula is C17H24N4O. The SMILES string of the molecule is CO[C@@H]1CCC[C@]12CCCN(Cc1cccc3ncnn13)C2. The fourth-order valence-corrected chi connectivity index (χ4v) is 4.58. The molecule has 0 aromatic carbocycles. The van der Waals surface area contributed by atoms with Crippen LogP contribution in [0.25, 0.3) is 5.65 Å². The minimum Gasteiger partial charge on any atom is -0.381 e. The van der Waals surface area contributed by atoms with E-state index in [0.29, 0.717) is 11.5 Å². The number of hydrogen-bond donors (Lipinski definition) is 0. The van der Waals surface area contributed by atoms with Gasteiger partial charge in [0.1, 0.15) is 6.33 Å². The Hall–Kier alpha value is -1.46. The van der Waals surface area contributed by atoms with Gasteiger partial charge >= 0.3 is 0 Å². The van der Waals surface area contributed by atoms with E-state index in [0.717, 1.165) is 18.7 Å². The topological polar surface area (TPSA) is 42.7 Å². The van der Waals surface area contributed by atoms with E-state index < -0.39 is 0 Å². The number of fused-ring (bicyclic) bond motifs is 1. The van der Waals surface area contributed by atoms with Gasteiger partial charge in [-0.15, -0.1) is 0 Å². The Balaban J connectivity index is 1.55. The van der Waals surface area contributed by atoms with E-state index in [-0.39, 0.29) is 0 Å². The smallest absolute Gasteiger partial charge is 0.155 e. The van der Waals surface area contributed by atoms with Gasteiger partial charge in [-0.1, -0.05) is 12.5 Å². The van der Waals surface area contributed by atoms with E-state index in [1.165, 1.54) is 44.3 Å². The lowest BCUT2D eigenvalue weighted by atomic mass is 9.76. The molecule has 22 heavy (non-hydrogen) atoms. The second-order valence-electron chi connectivity index (χ2n) is 6.84. The van der Waals surface area contributed by atoms with Gasteiger partial charge in [0, 0.05) is 25.6 Å². The van der Waals surface area contributed by atoms with Gasteiger partial charge in [0.15, 0.2) is 5.65 Å². The van der Waals surface area contributed by atoms with Crippen LogP contribution in [0, 0.1) is 5.41 Å². The molecule has 5 heteroatoms. The van der Waals surface area contributed by atoms with Crippen molar-refractivity contribution < 1.29 is 4.74 Å². The first-order valence-electron chi connectivity index (χ1n) is 8.34. The van der Waals surface area contributed by atoms with E-state index in [2.05, 4.69) is 27.1 Å². The van der Waals surface area contributed by atoms with E-state index >= 15 is 0 Å². The molecule has 1 aliphatic heterocycles. The Morgan fingerprint density at radius 2 is 2.23 bits per heavy atom. The molecule has 1 saturated heterocycles. The van der Waals surface area contributed by atoms with Crippen LogP contribution in [-0.4, -0.2) is 45.8 Å². The van der Waals surface area contributed by atoms with Crippen LogP contribution >= 0.6 is 0 Å². The summed E-state index contributed by atoms with van der Waals surface area (Å²) in [6.07, 6.45) is 8.51. The predicted octanol–water partition coefficient (Wildman–Crippen LogP) is 2.51. The molecule has 118 valence electrons. The second kappa shape index (κ2) is 5.63. The van der Waals surface area contributed by atoms with Gasteiger partial charge in [0.25, 0.3) is 0 Å². The van der Waals surface area contributed by atoms with Crippen molar-refractivity contribution in [2.75, 3.05) is 20.2 Å². The van der Waals surface area contributed by atoms with E-state index in [1.54, 1.807) is 6.33 Å². The van der Waals surface area contributed by atoms with Gasteiger partial charge in [0.2, 0.25) is 0 Å². The summed E-state index contributed by atoms with van der Waals surface area (Å²) < 4.78 is 7.77. The Kier molecular flexibility index (Phi) is 3.62. The number of rotatable bonds is 3. The van der Waals surface area contributed by atoms with Gasteiger partial charge in [-0.05, 0) is 44.4 Å². The Morgan fingerprint density at radius 3 is 3.14 bits per heavy atom. The summed E-state index contributed by atoms with van der Waals surface area (Å²) in [5.41, 5.74) is 2.53. The fourth-order valence-electron chi connectivity index (χ4n) is 4.58. The van der Waals surface area contributed by atoms with Crippen LogP contribution in [0.2, 0.25) is 0 Å². The van der Waals surface area contributed by atoms with Crippen molar-refractivity contribution in [2.24, 2.45) is 5.41 Å². The maximum atomic E-state index is 5.81. The largest absolute Gasteiger partial charge is 0.381 e. The van der Waals surface area contributed by atoms with Crippen molar-refractivity contribution in [3.8, 4) is 0 Å². The molecule has 4 rings (SSSR count). The quantitative estimate of drug-likeness (QED) is 0.873. The maximum Gasteiger partial charge on any atom is 0.155 e. The average Bonchev–Trinajstić information content (AvgIpc) is 3.15. The molecule has 2 aromatic heterocycles. The van der Waals surface area contributed by atoms with Crippen LogP contribution < -0.4 is 0 Å². The molecule has 1 spiro atoms. The van der Waals surface area contributed by atoms with Crippen molar-refractivity contribution in [3.63, 3.8) is 0 Å². The normalized spacial score (nSPS) is 29.6. The highest BCUT2D eigenvalue weighted by Gasteiger charge is 2.45. The minimum absolute atomic E-state index is 0.378. The molecule has 1 aliphatic carbocycles. The Morgan fingerprint density at radius 1 is 1.32 bits per heavy atom. The van der Waals surface area contributed by atoms with Crippen molar-refractivity contribution in [3.05, 3.63) is 30.2 Å². The summed E-state index contributed by atoms with van der Waals surface area (Å²) in [6, 6.07) is 6.24. The van der Waals surface area contributed by atoms with Crippen LogP contribution in [0.15, 0.2) is 24.5 Å². The third-order valence-corrected chi connectivity index (χ3v) is 5.56. The molecule has 0 unspecified atom stereocenters. The summed E-state index contributed by atoms with van der Waals surface area (Å²) in [6.45, 7) is 3.26. The zero-order valence-electron chi connectivity index (χ0n) is 13.2. The minimum atomic E-state index is 0.378. The lowest BCUT2D eigenvalue weighted by Crippen LogP contribution is -2.47. The first-order chi connectivity index (χ1) is 10.8. The monoisotopic (exact) mass is 300 g/mol. The lowest BCUT2D eigenvalue weighted by Gasteiger charge is -2.43. The maximum absolute atomic E-state index is 5.81. The number of aromatic nitrogens is 3. The van der Waals surface area contributed by atoms with Gasteiger partial charge in [0.05, 0.1) is 11.8 Å². The van der Waals surface area contributed by atoms with E-state index in [1.807, 2.05) is 17.7 Å². The predicted molar refractivity (Wildman–Crippen MR) is 84.6 cm³/mol. The highest BCUT2D eigenvalue weighted by atomic mass is 16.5. The van der Waals surface area contributed by atoms with Crippen LogP contribution in [-0.2, 0) is 11.3 Å². The van der Waals surface area contributed by atoms with Crippen molar-refractivity contribution in [2.45, 2.75) is 44.8 Å². The molecule has 2 aromatic rings. The third kappa shape index (κ3) is 2.32. The third-order valence-electron chi connectivity index (χ3n) is 5.56. The zero-order chi connectivity index (χ0) is 15.0. The summed E-state index contributed by atoms with van der Waals surface area (Å²) in [5.74, 6) is 0. The number of methoxy groups -OCH3 is 1. The van der Waals surface area contributed by atoms with Crippen molar-refractivity contribution in [1.82, 2.24) is 19.5 Å². The van der Waals surface area contributed by atoms with Crippen LogP contribution in [0.1, 0.15) is 37.8 Å². The van der Waals surface area contributed by atoms with Gasteiger partial charge < -0.3 is 4.74 Å². The molecule has 5 nitrogen and oxygen atoms in total. The molecule has 2 atom stereocenters. The second-order valence-corrected chi connectivity index (χ2v) is 6.84. The number of piperidine rings is 1. The Bertz CT molecular complexity index is 655. The van der Waals surface area contributed by atoms with Crippen LogP contribution in [0.5, 0.6) is 0 Å². The first-order valence-corrected chi connectivity index (χ1v) is 8.34. The summed E-state index contributed by atoms with van der Waals surface area (Å²) in [5, 5.41) is 4.36. The molecule has 0 N–H and O–H groups in total. The molecule has 2 fully saturated rings. The highest BCUT2D eigenvalue weighted by Crippen LogP contribution is 2.46. The number of hydrogen-bond acceptors (Lipinski definition) is 4. The van der Waals surface area contributed by atoms with E-state index in [4.69, 9.17) is 4.74 Å².